The summed E-state index contributed by atoms with van der Waals surface area (Å²) in [6.07, 6.45) is 1.89. The van der Waals surface area contributed by atoms with Crippen LogP contribution in [0.15, 0.2) is 11.6 Å². The van der Waals surface area contributed by atoms with Crippen molar-refractivity contribution >= 4 is 16.5 Å². The van der Waals surface area contributed by atoms with Crippen LogP contribution in [0.25, 0.3) is 0 Å². The Morgan fingerprint density at radius 3 is 2.76 bits per heavy atom. The van der Waals surface area contributed by atoms with Crippen molar-refractivity contribution in [3.8, 4) is 0 Å². The van der Waals surface area contributed by atoms with Crippen LogP contribution in [-0.4, -0.2) is 56.2 Å². The van der Waals surface area contributed by atoms with Gasteiger partial charge in [0, 0.05) is 44.3 Å². The lowest BCUT2D eigenvalue weighted by molar-refractivity contribution is 0.224. The standard InChI is InChI=1S/C12H22N4S/c1-11(9-13-2)10-15-4-6-16(7-5-15)12-14-3-8-17-12/h3,8,11,13H,4-7,9-10H2,1-2H3. The second-order valence-electron chi connectivity index (χ2n) is 4.77. The summed E-state index contributed by atoms with van der Waals surface area (Å²) in [5.74, 6) is 0.728. The van der Waals surface area contributed by atoms with Crippen molar-refractivity contribution in [2.75, 3.05) is 51.2 Å². The molecular formula is C12H22N4S. The molecule has 1 aliphatic rings. The van der Waals surface area contributed by atoms with E-state index in [4.69, 9.17) is 0 Å². The third-order valence-electron chi connectivity index (χ3n) is 3.18. The SMILES string of the molecule is CNCC(C)CN1CCN(c2nccs2)CC1. The van der Waals surface area contributed by atoms with Gasteiger partial charge >= 0.3 is 0 Å². The molecule has 0 aliphatic carbocycles. The molecule has 1 aliphatic heterocycles. The van der Waals surface area contributed by atoms with Crippen LogP contribution in [-0.2, 0) is 0 Å². The second-order valence-corrected chi connectivity index (χ2v) is 5.64. The first-order valence-electron chi connectivity index (χ1n) is 6.31. The van der Waals surface area contributed by atoms with Gasteiger partial charge in [0.15, 0.2) is 5.13 Å². The lowest BCUT2D eigenvalue weighted by Crippen LogP contribution is -2.48. The molecule has 1 N–H and O–H groups in total. The normalized spacial score (nSPS) is 19.5. The highest BCUT2D eigenvalue weighted by Gasteiger charge is 2.19. The zero-order valence-electron chi connectivity index (χ0n) is 10.7. The lowest BCUT2D eigenvalue weighted by Gasteiger charge is -2.35. The van der Waals surface area contributed by atoms with Gasteiger partial charge in [-0.25, -0.2) is 4.98 Å². The van der Waals surface area contributed by atoms with Crippen molar-refractivity contribution in [1.82, 2.24) is 15.2 Å². The molecule has 0 spiro atoms. The first-order valence-corrected chi connectivity index (χ1v) is 7.19. The first kappa shape index (κ1) is 12.8. The number of aromatic nitrogens is 1. The molecule has 0 radical (unpaired) electrons. The monoisotopic (exact) mass is 254 g/mol. The molecule has 0 bridgehead atoms. The lowest BCUT2D eigenvalue weighted by atomic mass is 10.1. The topological polar surface area (TPSA) is 31.4 Å². The van der Waals surface area contributed by atoms with Crippen LogP contribution >= 0.6 is 11.3 Å². The molecule has 1 aromatic heterocycles. The van der Waals surface area contributed by atoms with Crippen molar-refractivity contribution in [1.29, 1.82) is 0 Å². The number of hydrogen-bond donors (Lipinski definition) is 1. The van der Waals surface area contributed by atoms with Gasteiger partial charge in [-0.3, -0.25) is 4.90 Å². The Morgan fingerprint density at radius 2 is 2.18 bits per heavy atom. The summed E-state index contributed by atoms with van der Waals surface area (Å²) in [5, 5.41) is 6.47. The van der Waals surface area contributed by atoms with Crippen LogP contribution < -0.4 is 10.2 Å². The summed E-state index contributed by atoms with van der Waals surface area (Å²) in [6.45, 7) is 9.16. The Morgan fingerprint density at radius 1 is 1.41 bits per heavy atom. The van der Waals surface area contributed by atoms with Gasteiger partial charge in [0.05, 0.1) is 0 Å². The van der Waals surface area contributed by atoms with Crippen molar-refractivity contribution in [3.05, 3.63) is 11.6 Å². The van der Waals surface area contributed by atoms with Crippen LogP contribution in [0.3, 0.4) is 0 Å². The number of nitrogens with one attached hydrogen (secondary N) is 1. The van der Waals surface area contributed by atoms with Crippen molar-refractivity contribution in [2.24, 2.45) is 5.92 Å². The van der Waals surface area contributed by atoms with Crippen LogP contribution in [0.1, 0.15) is 6.92 Å². The number of nitrogens with zero attached hydrogens (tertiary/aromatic N) is 3. The third kappa shape index (κ3) is 3.66. The average molecular weight is 254 g/mol. The van der Waals surface area contributed by atoms with Crippen LogP contribution in [0.2, 0.25) is 0 Å². The van der Waals surface area contributed by atoms with E-state index in [0.29, 0.717) is 0 Å². The van der Waals surface area contributed by atoms with Gasteiger partial charge in [0.25, 0.3) is 0 Å². The quantitative estimate of drug-likeness (QED) is 0.853. The highest BCUT2D eigenvalue weighted by atomic mass is 32.1. The smallest absolute Gasteiger partial charge is 0.185 e. The molecule has 17 heavy (non-hydrogen) atoms. The molecule has 0 saturated carbocycles. The number of rotatable bonds is 5. The van der Waals surface area contributed by atoms with E-state index in [1.165, 1.54) is 11.7 Å². The summed E-state index contributed by atoms with van der Waals surface area (Å²) in [4.78, 5) is 9.33. The fourth-order valence-corrected chi connectivity index (χ4v) is 3.04. The summed E-state index contributed by atoms with van der Waals surface area (Å²) < 4.78 is 0. The van der Waals surface area contributed by atoms with E-state index in [-0.39, 0.29) is 0 Å². The number of anilines is 1. The largest absolute Gasteiger partial charge is 0.346 e. The van der Waals surface area contributed by atoms with E-state index in [1.807, 2.05) is 13.2 Å². The van der Waals surface area contributed by atoms with Crippen LogP contribution in [0, 0.1) is 5.92 Å². The molecule has 0 aromatic carbocycles. The zero-order chi connectivity index (χ0) is 12.1. The van der Waals surface area contributed by atoms with E-state index >= 15 is 0 Å². The zero-order valence-corrected chi connectivity index (χ0v) is 11.5. The summed E-state index contributed by atoms with van der Waals surface area (Å²) in [7, 11) is 2.02. The minimum absolute atomic E-state index is 0.728. The van der Waals surface area contributed by atoms with Gasteiger partial charge in [-0.2, -0.15) is 0 Å². The molecular weight excluding hydrogens is 232 g/mol. The molecule has 2 rings (SSSR count). The maximum absolute atomic E-state index is 4.37. The average Bonchev–Trinajstić information content (AvgIpc) is 2.84. The third-order valence-corrected chi connectivity index (χ3v) is 4.02. The van der Waals surface area contributed by atoms with Crippen LogP contribution in [0.4, 0.5) is 5.13 Å². The minimum atomic E-state index is 0.728. The van der Waals surface area contributed by atoms with Gasteiger partial charge in [-0.15, -0.1) is 11.3 Å². The van der Waals surface area contributed by atoms with Gasteiger partial charge in [0.1, 0.15) is 0 Å². The van der Waals surface area contributed by atoms with E-state index < -0.39 is 0 Å². The highest BCUT2D eigenvalue weighted by molar-refractivity contribution is 7.13. The van der Waals surface area contributed by atoms with E-state index in [1.54, 1.807) is 11.3 Å². The first-order chi connectivity index (χ1) is 8.29. The molecule has 0 amide bonds. The minimum Gasteiger partial charge on any atom is -0.346 e. The Balaban J connectivity index is 1.74. The van der Waals surface area contributed by atoms with Gasteiger partial charge in [0.2, 0.25) is 0 Å². The van der Waals surface area contributed by atoms with Crippen molar-refractivity contribution in [2.45, 2.75) is 6.92 Å². The van der Waals surface area contributed by atoms with Crippen LogP contribution in [0.5, 0.6) is 0 Å². The molecule has 1 aromatic rings. The summed E-state index contributed by atoms with van der Waals surface area (Å²) in [5.41, 5.74) is 0. The van der Waals surface area contributed by atoms with E-state index in [2.05, 4.69) is 32.4 Å². The number of hydrogen-bond acceptors (Lipinski definition) is 5. The van der Waals surface area contributed by atoms with Gasteiger partial charge < -0.3 is 10.2 Å². The van der Waals surface area contributed by atoms with E-state index in [9.17, 15) is 0 Å². The predicted octanol–water partition coefficient (Wildman–Crippen LogP) is 1.12. The second kappa shape index (κ2) is 6.33. The molecule has 4 nitrogen and oxygen atoms in total. The molecule has 5 heteroatoms. The maximum Gasteiger partial charge on any atom is 0.185 e. The van der Waals surface area contributed by atoms with Gasteiger partial charge in [-0.05, 0) is 19.5 Å². The molecule has 96 valence electrons. The van der Waals surface area contributed by atoms with Gasteiger partial charge in [-0.1, -0.05) is 6.92 Å². The Kier molecular flexibility index (Phi) is 4.76. The Hall–Kier alpha value is -0.650. The molecule has 1 unspecified atom stereocenters. The molecule has 1 atom stereocenters. The molecule has 2 heterocycles. The number of thiazole rings is 1. The van der Waals surface area contributed by atoms with E-state index in [0.717, 1.165) is 38.6 Å². The Labute approximate surface area is 108 Å². The number of piperazine rings is 1. The fraction of sp³-hybridized carbons (Fsp3) is 0.750. The van der Waals surface area contributed by atoms with Crippen molar-refractivity contribution in [3.63, 3.8) is 0 Å². The predicted molar refractivity (Wildman–Crippen MR) is 73.9 cm³/mol. The maximum atomic E-state index is 4.37. The molecule has 1 fully saturated rings. The summed E-state index contributed by atoms with van der Waals surface area (Å²) >= 11 is 1.74. The van der Waals surface area contributed by atoms with Crippen molar-refractivity contribution < 1.29 is 0 Å². The summed E-state index contributed by atoms with van der Waals surface area (Å²) in [6, 6.07) is 0. The highest BCUT2D eigenvalue weighted by Crippen LogP contribution is 2.19. The fourth-order valence-electron chi connectivity index (χ4n) is 2.35. The molecule has 1 saturated heterocycles. The Bertz CT molecular complexity index is 306.